The van der Waals surface area contributed by atoms with Crippen molar-refractivity contribution in [3.63, 3.8) is 0 Å². The molecule has 5 aliphatic rings. The number of aliphatic hydroxyl groups excluding tert-OH is 1. The molecular weight excluding hydrogens is 532 g/mol. The van der Waals surface area contributed by atoms with Gasteiger partial charge in [-0.1, -0.05) is 65.8 Å². The molecule has 11 atom stereocenters. The van der Waals surface area contributed by atoms with Crippen LogP contribution in [-0.2, 0) is 9.53 Å². The van der Waals surface area contributed by atoms with Gasteiger partial charge in [0.1, 0.15) is 11.9 Å². The molecule has 0 bridgehead atoms. The SMILES string of the molecule is C=C(C)[C@@H]1CC[C@@]2(C)[C@H]1[C@H]1CC[C@@H]3[C@@]4(C)CC[C@H](OC(=O)/C=C/c5ccc(O)cc5)C(C)(C)[C@@H]4CC[C@@]3(C)[C@]1(C)C[C@@H]2O. The first-order valence-corrected chi connectivity index (χ1v) is 17.1. The van der Waals surface area contributed by atoms with Gasteiger partial charge < -0.3 is 14.9 Å². The maximum atomic E-state index is 13.0. The van der Waals surface area contributed by atoms with Gasteiger partial charge in [0.2, 0.25) is 0 Å². The number of ether oxygens (including phenoxy) is 1. The van der Waals surface area contributed by atoms with Gasteiger partial charge in [0, 0.05) is 11.5 Å². The standard InChI is InChI=1S/C39H56O4/c1-24(2)27-17-20-37(6)31(41)23-39(8)28(34(27)37)14-15-30-36(5)21-19-32(35(3,4)29(36)18-22-38(30,39)7)43-33(42)16-11-25-9-12-26(40)13-10-25/h9-13,16,27-32,34,40-41H,1,14-15,17-23H2,2-8H3/b16-11+/t27-,28+,29-,30+,31-,32-,34+,36-,37+,38+,39+/m0/s1. The number of benzene rings is 1. The summed E-state index contributed by atoms with van der Waals surface area (Å²) in [5.41, 5.74) is 2.55. The van der Waals surface area contributed by atoms with Crippen LogP contribution < -0.4 is 0 Å². The number of rotatable bonds is 4. The van der Waals surface area contributed by atoms with Gasteiger partial charge in [0.05, 0.1) is 6.10 Å². The number of fused-ring (bicyclic) bond motifs is 7. The van der Waals surface area contributed by atoms with Gasteiger partial charge in [0.25, 0.3) is 0 Å². The van der Waals surface area contributed by atoms with Crippen molar-refractivity contribution in [2.24, 2.45) is 56.7 Å². The summed E-state index contributed by atoms with van der Waals surface area (Å²) in [6.45, 7) is 21.5. The van der Waals surface area contributed by atoms with Gasteiger partial charge in [0.15, 0.2) is 0 Å². The average Bonchev–Trinajstić information content (AvgIpc) is 3.30. The lowest BCUT2D eigenvalue weighted by atomic mass is 9.32. The van der Waals surface area contributed by atoms with E-state index >= 15 is 0 Å². The molecule has 2 N–H and O–H groups in total. The molecule has 0 unspecified atom stereocenters. The first-order valence-electron chi connectivity index (χ1n) is 17.1. The largest absolute Gasteiger partial charge is 0.508 e. The molecule has 1 aromatic rings. The number of carbonyl (C=O) groups is 1. The Labute approximate surface area is 260 Å². The third-order valence-corrected chi connectivity index (χ3v) is 15.1. The molecule has 1 aromatic carbocycles. The Bertz CT molecular complexity index is 1290. The van der Waals surface area contributed by atoms with Crippen LogP contribution in [-0.4, -0.2) is 28.4 Å². The lowest BCUT2D eigenvalue weighted by Gasteiger charge is -2.73. The molecule has 4 heteroatoms. The van der Waals surface area contributed by atoms with E-state index < -0.39 is 0 Å². The molecule has 0 aromatic heterocycles. The molecule has 6 rings (SSSR count). The maximum Gasteiger partial charge on any atom is 0.331 e. The van der Waals surface area contributed by atoms with Gasteiger partial charge in [-0.2, -0.15) is 0 Å². The Hall–Kier alpha value is -2.07. The number of allylic oxidation sites excluding steroid dienone is 1. The molecule has 0 heterocycles. The Morgan fingerprint density at radius 3 is 2.23 bits per heavy atom. The summed E-state index contributed by atoms with van der Waals surface area (Å²) in [5, 5.41) is 21.4. The number of phenols is 1. The van der Waals surface area contributed by atoms with Crippen molar-refractivity contribution in [2.45, 2.75) is 118 Å². The van der Waals surface area contributed by atoms with Crippen LogP contribution in [0.2, 0.25) is 0 Å². The summed E-state index contributed by atoms with van der Waals surface area (Å²) >= 11 is 0. The summed E-state index contributed by atoms with van der Waals surface area (Å²) in [6.07, 6.45) is 13.0. The van der Waals surface area contributed by atoms with E-state index in [2.05, 4.69) is 55.0 Å². The van der Waals surface area contributed by atoms with E-state index in [9.17, 15) is 15.0 Å². The smallest absolute Gasteiger partial charge is 0.331 e. The van der Waals surface area contributed by atoms with Crippen LogP contribution in [0.15, 0.2) is 42.5 Å². The van der Waals surface area contributed by atoms with Crippen molar-refractivity contribution in [3.8, 4) is 5.75 Å². The van der Waals surface area contributed by atoms with Crippen LogP contribution in [0.1, 0.15) is 112 Å². The zero-order valence-electron chi connectivity index (χ0n) is 27.8. The fourth-order valence-corrected chi connectivity index (χ4v) is 12.6. The second-order valence-corrected chi connectivity index (χ2v) is 17.1. The van der Waals surface area contributed by atoms with Gasteiger partial charge in [-0.25, -0.2) is 4.79 Å². The number of aliphatic hydroxyl groups is 1. The maximum absolute atomic E-state index is 13.0. The van der Waals surface area contributed by atoms with Crippen molar-refractivity contribution in [3.05, 3.63) is 48.1 Å². The highest BCUT2D eigenvalue weighted by molar-refractivity contribution is 5.87. The molecule has 0 aliphatic heterocycles. The summed E-state index contributed by atoms with van der Waals surface area (Å²) in [6, 6.07) is 6.83. The minimum atomic E-state index is -0.286. The highest BCUT2D eigenvalue weighted by atomic mass is 16.5. The molecule has 0 saturated heterocycles. The molecular formula is C39H56O4. The first kappa shape index (κ1) is 30.9. The Balaban J connectivity index is 1.24. The fraction of sp³-hybridized carbons (Fsp3) is 0.718. The minimum absolute atomic E-state index is 0.0127. The van der Waals surface area contributed by atoms with Crippen LogP contribution in [0.25, 0.3) is 6.08 Å². The fourth-order valence-electron chi connectivity index (χ4n) is 12.6. The van der Waals surface area contributed by atoms with Gasteiger partial charge in [-0.3, -0.25) is 0 Å². The number of hydrogen-bond acceptors (Lipinski definition) is 4. The zero-order valence-corrected chi connectivity index (χ0v) is 27.8. The molecule has 5 aliphatic carbocycles. The van der Waals surface area contributed by atoms with E-state index in [1.807, 2.05) is 0 Å². The zero-order chi connectivity index (χ0) is 31.2. The van der Waals surface area contributed by atoms with Crippen LogP contribution in [0.4, 0.5) is 0 Å². The van der Waals surface area contributed by atoms with Crippen molar-refractivity contribution < 1.29 is 19.7 Å². The predicted molar refractivity (Wildman–Crippen MR) is 173 cm³/mol. The summed E-state index contributed by atoms with van der Waals surface area (Å²) < 4.78 is 6.20. The van der Waals surface area contributed by atoms with Crippen molar-refractivity contribution >= 4 is 12.0 Å². The number of aromatic hydroxyl groups is 1. The summed E-state index contributed by atoms with van der Waals surface area (Å²) in [5.74, 6) is 2.71. The highest BCUT2D eigenvalue weighted by Crippen LogP contribution is 2.77. The van der Waals surface area contributed by atoms with Crippen molar-refractivity contribution in [1.82, 2.24) is 0 Å². The second kappa shape index (κ2) is 10.2. The van der Waals surface area contributed by atoms with E-state index in [1.165, 1.54) is 37.3 Å². The Kier molecular flexibility index (Phi) is 7.36. The molecule has 5 fully saturated rings. The predicted octanol–water partition coefficient (Wildman–Crippen LogP) is 8.97. The highest BCUT2D eigenvalue weighted by Gasteiger charge is 2.72. The van der Waals surface area contributed by atoms with Crippen LogP contribution in [0.3, 0.4) is 0 Å². The van der Waals surface area contributed by atoms with Crippen LogP contribution in [0, 0.1) is 56.7 Å². The number of esters is 1. The third-order valence-electron chi connectivity index (χ3n) is 15.1. The first-order chi connectivity index (χ1) is 20.1. The summed E-state index contributed by atoms with van der Waals surface area (Å²) in [7, 11) is 0. The minimum Gasteiger partial charge on any atom is -0.508 e. The third kappa shape index (κ3) is 4.43. The molecule has 4 nitrogen and oxygen atoms in total. The van der Waals surface area contributed by atoms with E-state index in [-0.39, 0.29) is 51.0 Å². The second-order valence-electron chi connectivity index (χ2n) is 17.1. The van der Waals surface area contributed by atoms with Gasteiger partial charge in [-0.05, 0) is 140 Å². The molecule has 0 spiro atoms. The molecule has 43 heavy (non-hydrogen) atoms. The number of phenolic OH excluding ortho intramolecular Hbond substituents is 1. The average molecular weight is 589 g/mol. The molecule has 236 valence electrons. The molecule has 0 amide bonds. The normalized spacial score (nSPS) is 46.7. The van der Waals surface area contributed by atoms with Crippen molar-refractivity contribution in [2.75, 3.05) is 0 Å². The summed E-state index contributed by atoms with van der Waals surface area (Å²) in [4.78, 5) is 13.0. The van der Waals surface area contributed by atoms with Crippen molar-refractivity contribution in [1.29, 1.82) is 0 Å². The lowest BCUT2D eigenvalue weighted by Crippen LogP contribution is -2.68. The van der Waals surface area contributed by atoms with Crippen LogP contribution >= 0.6 is 0 Å². The number of hydrogen-bond donors (Lipinski definition) is 2. The molecule has 5 saturated carbocycles. The Morgan fingerprint density at radius 2 is 1.56 bits per heavy atom. The molecule has 0 radical (unpaired) electrons. The van der Waals surface area contributed by atoms with E-state index in [0.29, 0.717) is 29.6 Å². The van der Waals surface area contributed by atoms with Crippen LogP contribution in [0.5, 0.6) is 5.75 Å². The van der Waals surface area contributed by atoms with E-state index in [1.54, 1.807) is 30.3 Å². The monoisotopic (exact) mass is 588 g/mol. The quantitative estimate of drug-likeness (QED) is 0.209. The topological polar surface area (TPSA) is 66.8 Å². The van der Waals surface area contributed by atoms with Gasteiger partial charge >= 0.3 is 5.97 Å². The lowest BCUT2D eigenvalue weighted by molar-refractivity contribution is -0.262. The number of carbonyl (C=O) groups excluding carboxylic acids is 1. The van der Waals surface area contributed by atoms with Gasteiger partial charge in [-0.15, -0.1) is 0 Å². The Morgan fingerprint density at radius 1 is 0.884 bits per heavy atom. The van der Waals surface area contributed by atoms with E-state index in [0.717, 1.165) is 37.7 Å². The van der Waals surface area contributed by atoms with E-state index in [4.69, 9.17) is 4.74 Å².